The molecule has 0 bridgehead atoms. The summed E-state index contributed by atoms with van der Waals surface area (Å²) < 4.78 is 4.85. The number of nitrogens with zero attached hydrogens (tertiary/aromatic N) is 1. The van der Waals surface area contributed by atoms with Crippen LogP contribution in [-0.4, -0.2) is 43.2 Å². The predicted octanol–water partition coefficient (Wildman–Crippen LogP) is -0.0290. The van der Waals surface area contributed by atoms with Gasteiger partial charge in [-0.1, -0.05) is 0 Å². The van der Waals surface area contributed by atoms with Gasteiger partial charge in [0.05, 0.1) is 6.61 Å². The fraction of sp³-hybridized carbons (Fsp3) is 0.889. The van der Waals surface area contributed by atoms with Gasteiger partial charge in [-0.05, 0) is 19.8 Å². The Morgan fingerprint density at radius 2 is 2.46 bits per heavy atom. The quantitative estimate of drug-likeness (QED) is 0.673. The molecule has 4 heteroatoms. The summed E-state index contributed by atoms with van der Waals surface area (Å²) in [6.45, 7) is 3.21. The zero-order valence-electron chi connectivity index (χ0n) is 8.32. The highest BCUT2D eigenvalue weighted by atomic mass is 16.5. The van der Waals surface area contributed by atoms with E-state index in [9.17, 15) is 4.79 Å². The summed E-state index contributed by atoms with van der Waals surface area (Å²) in [5.74, 6) is 0.0202. The molecule has 0 spiro atoms. The third-order valence-electron chi connectivity index (χ3n) is 2.50. The first-order valence-electron chi connectivity index (χ1n) is 4.71. The average Bonchev–Trinajstić information content (AvgIpc) is 2.50. The zero-order chi connectivity index (χ0) is 9.84. The van der Waals surface area contributed by atoms with Crippen LogP contribution in [0.4, 0.5) is 0 Å². The Morgan fingerprint density at radius 3 is 2.92 bits per heavy atom. The molecule has 1 aliphatic rings. The van der Waals surface area contributed by atoms with Crippen molar-refractivity contribution in [1.82, 2.24) is 4.90 Å². The van der Waals surface area contributed by atoms with Gasteiger partial charge in [0.2, 0.25) is 5.91 Å². The molecular weight excluding hydrogens is 168 g/mol. The molecule has 1 amide bonds. The van der Waals surface area contributed by atoms with Crippen LogP contribution in [0.3, 0.4) is 0 Å². The summed E-state index contributed by atoms with van der Waals surface area (Å²) in [4.78, 5) is 13.5. The van der Waals surface area contributed by atoms with Crippen molar-refractivity contribution in [3.05, 3.63) is 0 Å². The third-order valence-corrected chi connectivity index (χ3v) is 2.50. The molecule has 0 aromatic rings. The highest BCUT2D eigenvalue weighted by molar-refractivity contribution is 5.82. The van der Waals surface area contributed by atoms with Crippen molar-refractivity contribution in [1.29, 1.82) is 0 Å². The lowest BCUT2D eigenvalue weighted by Gasteiger charge is -2.24. The first-order chi connectivity index (χ1) is 6.16. The number of hydrogen-bond donors (Lipinski definition) is 1. The van der Waals surface area contributed by atoms with Crippen LogP contribution >= 0.6 is 0 Å². The molecule has 1 fully saturated rings. The molecule has 2 N–H and O–H groups in total. The molecular formula is C9H18N2O2. The molecule has 0 saturated carbocycles. The van der Waals surface area contributed by atoms with Crippen molar-refractivity contribution in [2.45, 2.75) is 31.8 Å². The van der Waals surface area contributed by atoms with Crippen molar-refractivity contribution in [3.63, 3.8) is 0 Å². The van der Waals surface area contributed by atoms with Gasteiger partial charge >= 0.3 is 0 Å². The van der Waals surface area contributed by atoms with Crippen LogP contribution < -0.4 is 5.73 Å². The van der Waals surface area contributed by atoms with Gasteiger partial charge in [-0.3, -0.25) is 4.79 Å². The van der Waals surface area contributed by atoms with E-state index >= 15 is 0 Å². The van der Waals surface area contributed by atoms with E-state index in [1.54, 1.807) is 7.11 Å². The summed E-state index contributed by atoms with van der Waals surface area (Å²) in [5.41, 5.74) is 5.65. The van der Waals surface area contributed by atoms with Gasteiger partial charge in [-0.2, -0.15) is 0 Å². The van der Waals surface area contributed by atoms with Crippen molar-refractivity contribution >= 4 is 5.91 Å². The van der Waals surface area contributed by atoms with Crippen molar-refractivity contribution < 1.29 is 9.53 Å². The fourth-order valence-electron chi connectivity index (χ4n) is 1.72. The lowest BCUT2D eigenvalue weighted by atomic mass is 10.2. The molecule has 13 heavy (non-hydrogen) atoms. The third kappa shape index (κ3) is 2.42. The van der Waals surface area contributed by atoms with Crippen LogP contribution in [-0.2, 0) is 9.53 Å². The van der Waals surface area contributed by atoms with Gasteiger partial charge in [0.15, 0.2) is 0 Å². The number of carbonyl (C=O) groups is 1. The molecule has 0 aliphatic carbocycles. The Morgan fingerprint density at radius 1 is 1.77 bits per heavy atom. The number of nitrogens with two attached hydrogens (primary N) is 1. The summed E-state index contributed by atoms with van der Waals surface area (Å²) in [7, 11) is 1.56. The second kappa shape index (κ2) is 4.58. The van der Waals surface area contributed by atoms with Crippen LogP contribution in [0.1, 0.15) is 19.8 Å². The first-order valence-corrected chi connectivity index (χ1v) is 4.71. The van der Waals surface area contributed by atoms with Crippen LogP contribution in [0.25, 0.3) is 0 Å². The molecule has 0 aromatic carbocycles. The molecule has 1 heterocycles. The number of hydrogen-bond acceptors (Lipinski definition) is 3. The smallest absolute Gasteiger partial charge is 0.242 e. The number of amides is 1. The van der Waals surface area contributed by atoms with Crippen LogP contribution in [0.5, 0.6) is 0 Å². The number of rotatable bonds is 3. The largest absolute Gasteiger partial charge is 0.383 e. The van der Waals surface area contributed by atoms with E-state index in [1.165, 1.54) is 0 Å². The van der Waals surface area contributed by atoms with E-state index in [1.807, 2.05) is 4.90 Å². The Balaban J connectivity index is 2.46. The summed E-state index contributed by atoms with van der Waals surface area (Å²) >= 11 is 0. The molecule has 1 rings (SSSR count). The van der Waals surface area contributed by atoms with Gasteiger partial charge in [-0.25, -0.2) is 0 Å². The van der Waals surface area contributed by atoms with Crippen molar-refractivity contribution in [2.75, 3.05) is 20.3 Å². The minimum absolute atomic E-state index is 0.0202. The number of carbonyl (C=O) groups excluding carboxylic acids is 1. The van der Waals surface area contributed by atoms with Crippen LogP contribution in [0, 0.1) is 0 Å². The SMILES string of the molecule is COCC(N)C(=O)N1CCCC1C. The normalized spacial score (nSPS) is 24.8. The number of ether oxygens (including phenoxy) is 1. The fourth-order valence-corrected chi connectivity index (χ4v) is 1.72. The minimum Gasteiger partial charge on any atom is -0.383 e. The van der Waals surface area contributed by atoms with Crippen molar-refractivity contribution in [3.8, 4) is 0 Å². The Hall–Kier alpha value is -0.610. The molecule has 2 atom stereocenters. The van der Waals surface area contributed by atoms with Crippen LogP contribution in [0.15, 0.2) is 0 Å². The molecule has 76 valence electrons. The Labute approximate surface area is 79.0 Å². The zero-order valence-corrected chi connectivity index (χ0v) is 8.32. The van der Waals surface area contributed by atoms with E-state index in [-0.39, 0.29) is 5.91 Å². The van der Waals surface area contributed by atoms with E-state index in [0.29, 0.717) is 12.6 Å². The first kappa shape index (κ1) is 10.5. The van der Waals surface area contributed by atoms with Gasteiger partial charge in [-0.15, -0.1) is 0 Å². The van der Waals surface area contributed by atoms with Crippen LogP contribution in [0.2, 0.25) is 0 Å². The molecule has 0 radical (unpaired) electrons. The van der Waals surface area contributed by atoms with Gasteiger partial charge in [0.1, 0.15) is 6.04 Å². The topological polar surface area (TPSA) is 55.6 Å². The second-order valence-corrected chi connectivity index (χ2v) is 3.58. The molecule has 4 nitrogen and oxygen atoms in total. The maximum atomic E-state index is 11.7. The average molecular weight is 186 g/mol. The van der Waals surface area contributed by atoms with Gasteiger partial charge in [0, 0.05) is 19.7 Å². The van der Waals surface area contributed by atoms with E-state index in [0.717, 1.165) is 19.4 Å². The van der Waals surface area contributed by atoms with E-state index in [4.69, 9.17) is 10.5 Å². The van der Waals surface area contributed by atoms with Gasteiger partial charge < -0.3 is 15.4 Å². The lowest BCUT2D eigenvalue weighted by molar-refractivity contribution is -0.134. The minimum atomic E-state index is -0.495. The molecule has 0 aromatic heterocycles. The highest BCUT2D eigenvalue weighted by Crippen LogP contribution is 2.16. The highest BCUT2D eigenvalue weighted by Gasteiger charge is 2.28. The molecule has 2 unspecified atom stereocenters. The maximum absolute atomic E-state index is 11.7. The summed E-state index contributed by atoms with van der Waals surface area (Å²) in [6.07, 6.45) is 2.18. The number of likely N-dealkylation sites (tertiary alicyclic amines) is 1. The Bertz CT molecular complexity index is 184. The second-order valence-electron chi connectivity index (χ2n) is 3.58. The van der Waals surface area contributed by atoms with Gasteiger partial charge in [0.25, 0.3) is 0 Å². The van der Waals surface area contributed by atoms with Crippen molar-refractivity contribution in [2.24, 2.45) is 5.73 Å². The summed E-state index contributed by atoms with van der Waals surface area (Å²) in [6, 6.07) is -0.152. The standard InChI is InChI=1S/C9H18N2O2/c1-7-4-3-5-11(7)9(12)8(10)6-13-2/h7-8H,3-6,10H2,1-2H3. The molecule has 1 saturated heterocycles. The monoisotopic (exact) mass is 186 g/mol. The summed E-state index contributed by atoms with van der Waals surface area (Å²) in [5, 5.41) is 0. The molecule has 1 aliphatic heterocycles. The Kier molecular flexibility index (Phi) is 3.69. The van der Waals surface area contributed by atoms with E-state index in [2.05, 4.69) is 6.92 Å². The maximum Gasteiger partial charge on any atom is 0.242 e. The van der Waals surface area contributed by atoms with E-state index < -0.39 is 6.04 Å². The number of methoxy groups -OCH3 is 1. The predicted molar refractivity (Wildman–Crippen MR) is 50.3 cm³/mol. The lowest BCUT2D eigenvalue weighted by Crippen LogP contribution is -2.47.